The predicted octanol–water partition coefficient (Wildman–Crippen LogP) is 15.0. The highest BCUT2D eigenvalue weighted by atomic mass is 79.9. The summed E-state index contributed by atoms with van der Waals surface area (Å²) in [5.41, 5.74) is 13.4. The van der Waals surface area contributed by atoms with Crippen molar-refractivity contribution in [3.63, 3.8) is 0 Å². The first kappa shape index (κ1) is 38.0. The summed E-state index contributed by atoms with van der Waals surface area (Å²) in [5.74, 6) is 0.223. The van der Waals surface area contributed by atoms with E-state index in [1.54, 1.807) is 0 Å². The van der Waals surface area contributed by atoms with Gasteiger partial charge in [-0.25, -0.2) is 0 Å². The molecule has 0 saturated carbocycles. The van der Waals surface area contributed by atoms with Crippen molar-refractivity contribution in [3.8, 4) is 0 Å². The van der Waals surface area contributed by atoms with Gasteiger partial charge in [-0.1, -0.05) is 204 Å². The van der Waals surface area contributed by atoms with E-state index in [-0.39, 0.29) is 5.92 Å². The Bertz CT molecular complexity index is 2180. The summed E-state index contributed by atoms with van der Waals surface area (Å²) in [5, 5.41) is 2.49. The maximum Gasteiger partial charge on any atom is 0.0259 e. The standard InChI is InChI=1S/C51H49Br/c1-7-10-11-15-47-36-51(52)50-19-13-12-18-49(50)48(47)35-34-46(43-17-14-16-42(32-33-43)45-24-21-38(5)22-25-45)29-26-40(9-3)44-30-27-41(28-31-44)39(6)23-20-37(4)8-2/h7-28,30-34,36,42H,2-3,29,35H2,1,4-6H3/b10-7-,15-11-,37-20-,39-23+,40-26+,46-34+. The molecule has 1 aliphatic rings. The smallest absolute Gasteiger partial charge is 0.0259 e. The summed E-state index contributed by atoms with van der Waals surface area (Å²) in [6.45, 7) is 16.5. The molecule has 0 aliphatic heterocycles. The van der Waals surface area contributed by atoms with Gasteiger partial charge in [0.2, 0.25) is 0 Å². The molecule has 0 saturated heterocycles. The fourth-order valence-corrected chi connectivity index (χ4v) is 6.91. The first-order chi connectivity index (χ1) is 25.3. The van der Waals surface area contributed by atoms with Crippen LogP contribution in [0, 0.1) is 6.92 Å². The molecule has 4 aromatic carbocycles. The van der Waals surface area contributed by atoms with Crippen LogP contribution in [-0.4, -0.2) is 0 Å². The van der Waals surface area contributed by atoms with Crippen LogP contribution in [-0.2, 0) is 6.42 Å². The summed E-state index contributed by atoms with van der Waals surface area (Å²) in [7, 11) is 0. The van der Waals surface area contributed by atoms with Crippen LogP contribution in [0.3, 0.4) is 0 Å². The van der Waals surface area contributed by atoms with Gasteiger partial charge in [-0.3, -0.25) is 0 Å². The van der Waals surface area contributed by atoms with Gasteiger partial charge in [0.1, 0.15) is 0 Å². The summed E-state index contributed by atoms with van der Waals surface area (Å²) in [6, 6.07) is 28.6. The average Bonchev–Trinajstić information content (AvgIpc) is 3.43. The zero-order valence-electron chi connectivity index (χ0n) is 30.9. The zero-order valence-corrected chi connectivity index (χ0v) is 32.5. The van der Waals surface area contributed by atoms with E-state index in [9.17, 15) is 0 Å². The van der Waals surface area contributed by atoms with Gasteiger partial charge >= 0.3 is 0 Å². The van der Waals surface area contributed by atoms with Gasteiger partial charge in [0.15, 0.2) is 0 Å². The highest BCUT2D eigenvalue weighted by Gasteiger charge is 2.12. The third-order valence-electron chi connectivity index (χ3n) is 9.54. The molecule has 0 radical (unpaired) electrons. The Hall–Kier alpha value is -5.24. The number of halogens is 1. The number of rotatable bonds is 13. The molecule has 0 fully saturated rings. The molecule has 0 amide bonds. The third-order valence-corrected chi connectivity index (χ3v) is 10.2. The zero-order chi connectivity index (χ0) is 36.9. The lowest BCUT2D eigenvalue weighted by atomic mass is 9.92. The van der Waals surface area contributed by atoms with E-state index >= 15 is 0 Å². The van der Waals surface area contributed by atoms with Crippen molar-refractivity contribution in [2.24, 2.45) is 0 Å². The van der Waals surface area contributed by atoms with E-state index in [1.165, 1.54) is 55.3 Å². The molecule has 0 nitrogen and oxygen atoms in total. The van der Waals surface area contributed by atoms with Crippen molar-refractivity contribution in [1.29, 1.82) is 0 Å². The second-order valence-corrected chi connectivity index (χ2v) is 14.1. The molecule has 1 atom stereocenters. The van der Waals surface area contributed by atoms with Crippen LogP contribution in [0.25, 0.3) is 28.0 Å². The normalized spacial score (nSPS) is 15.8. The highest BCUT2D eigenvalue weighted by molar-refractivity contribution is 9.10. The lowest BCUT2D eigenvalue weighted by Crippen LogP contribution is -1.95. The number of hydrogen-bond donors (Lipinski definition) is 0. The molecule has 4 aromatic rings. The van der Waals surface area contributed by atoms with Crippen molar-refractivity contribution in [3.05, 3.63) is 232 Å². The highest BCUT2D eigenvalue weighted by Crippen LogP contribution is 2.33. The van der Waals surface area contributed by atoms with E-state index in [0.717, 1.165) is 34.0 Å². The molecule has 52 heavy (non-hydrogen) atoms. The van der Waals surface area contributed by atoms with Crippen molar-refractivity contribution in [2.45, 2.75) is 46.5 Å². The van der Waals surface area contributed by atoms with Crippen molar-refractivity contribution in [1.82, 2.24) is 0 Å². The van der Waals surface area contributed by atoms with E-state index in [2.05, 4.69) is 208 Å². The quantitative estimate of drug-likeness (QED) is 0.120. The monoisotopic (exact) mass is 740 g/mol. The van der Waals surface area contributed by atoms with Gasteiger partial charge in [0, 0.05) is 10.4 Å². The Labute approximate surface area is 320 Å². The minimum absolute atomic E-state index is 0.223. The summed E-state index contributed by atoms with van der Waals surface area (Å²) < 4.78 is 1.11. The topological polar surface area (TPSA) is 0 Å². The lowest BCUT2D eigenvalue weighted by molar-refractivity contribution is 1.08. The first-order valence-corrected chi connectivity index (χ1v) is 18.8. The van der Waals surface area contributed by atoms with Gasteiger partial charge in [0.25, 0.3) is 0 Å². The Morgan fingerprint density at radius 1 is 0.808 bits per heavy atom. The summed E-state index contributed by atoms with van der Waals surface area (Å²) >= 11 is 3.85. The molecule has 1 aliphatic carbocycles. The van der Waals surface area contributed by atoms with Crippen LogP contribution >= 0.6 is 15.9 Å². The number of benzene rings is 4. The molecule has 5 rings (SSSR count). The Morgan fingerprint density at radius 3 is 2.25 bits per heavy atom. The van der Waals surface area contributed by atoms with E-state index < -0.39 is 0 Å². The molecule has 1 unspecified atom stereocenters. The summed E-state index contributed by atoms with van der Waals surface area (Å²) in [4.78, 5) is 0. The minimum Gasteiger partial charge on any atom is -0.0988 e. The van der Waals surface area contributed by atoms with Gasteiger partial charge in [-0.05, 0) is 107 Å². The maximum atomic E-state index is 4.22. The number of fused-ring (bicyclic) bond motifs is 1. The van der Waals surface area contributed by atoms with Crippen molar-refractivity contribution in [2.75, 3.05) is 0 Å². The molecule has 0 spiro atoms. The maximum absolute atomic E-state index is 4.22. The van der Waals surface area contributed by atoms with Gasteiger partial charge < -0.3 is 0 Å². The van der Waals surface area contributed by atoms with E-state index in [1.807, 2.05) is 19.1 Å². The fourth-order valence-electron chi connectivity index (χ4n) is 6.32. The Balaban J connectivity index is 1.53. The van der Waals surface area contributed by atoms with E-state index in [0.29, 0.717) is 0 Å². The third kappa shape index (κ3) is 9.96. The SMILES string of the molecule is C=C/C(C)=C\C=C(/C)c1ccc(/C(C=C)=C/C/C(=C\Cc2c(/C=C\C=C/C)cc(Br)c3ccccc23)C2=CC=CC(c3ccc(C)cc3)C=C2)cc1. The van der Waals surface area contributed by atoms with Gasteiger partial charge in [-0.15, -0.1) is 0 Å². The molecule has 0 aromatic heterocycles. The van der Waals surface area contributed by atoms with Crippen LogP contribution < -0.4 is 0 Å². The number of hydrogen-bond acceptors (Lipinski definition) is 0. The minimum atomic E-state index is 0.223. The van der Waals surface area contributed by atoms with Crippen LogP contribution in [0.15, 0.2) is 198 Å². The van der Waals surface area contributed by atoms with Crippen LogP contribution in [0.1, 0.15) is 66.5 Å². The molecule has 1 heteroatoms. The van der Waals surface area contributed by atoms with E-state index in [4.69, 9.17) is 0 Å². The second-order valence-electron chi connectivity index (χ2n) is 13.2. The van der Waals surface area contributed by atoms with Crippen LogP contribution in [0.4, 0.5) is 0 Å². The number of aryl methyl sites for hydroxylation is 1. The van der Waals surface area contributed by atoms with Crippen LogP contribution in [0.2, 0.25) is 0 Å². The molecular weight excluding hydrogens is 692 g/mol. The molecule has 260 valence electrons. The van der Waals surface area contributed by atoms with Gasteiger partial charge in [-0.2, -0.15) is 0 Å². The molecule has 0 N–H and O–H groups in total. The van der Waals surface area contributed by atoms with Crippen molar-refractivity contribution < 1.29 is 0 Å². The molecular formula is C51H49Br. The van der Waals surface area contributed by atoms with Crippen LogP contribution in [0.5, 0.6) is 0 Å². The molecule has 0 bridgehead atoms. The Morgan fingerprint density at radius 2 is 1.54 bits per heavy atom. The van der Waals surface area contributed by atoms with Crippen molar-refractivity contribution >= 4 is 43.9 Å². The second kappa shape index (κ2) is 18.8. The number of allylic oxidation sites excluding steroid dienone is 19. The average molecular weight is 742 g/mol. The first-order valence-electron chi connectivity index (χ1n) is 18.0. The fraction of sp³-hybridized carbons (Fsp3) is 0.137. The lowest BCUT2D eigenvalue weighted by Gasteiger charge is -2.14. The Kier molecular flexibility index (Phi) is 13.8. The predicted molar refractivity (Wildman–Crippen MR) is 234 cm³/mol. The largest absolute Gasteiger partial charge is 0.0988 e. The molecule has 0 heterocycles. The van der Waals surface area contributed by atoms with Gasteiger partial charge in [0.05, 0.1) is 0 Å². The summed E-state index contributed by atoms with van der Waals surface area (Å²) in [6.07, 6.45) is 34.3.